The summed E-state index contributed by atoms with van der Waals surface area (Å²) in [6, 6.07) is 10.2. The maximum absolute atomic E-state index is 13.1. The molecule has 3 heterocycles. The number of para-hydroxylation sites is 1. The summed E-state index contributed by atoms with van der Waals surface area (Å²) in [4.78, 5) is 29.3. The SMILES string of the molecule is COCCN1C[C@]2(CCCN(C(=O)Cn3ccc4ccccc43)C2)CCC1=O. The van der Waals surface area contributed by atoms with Gasteiger partial charge in [-0.05, 0) is 36.8 Å². The Bertz CT molecular complexity index is 862. The second-order valence-electron chi connectivity index (χ2n) is 8.23. The molecule has 28 heavy (non-hydrogen) atoms. The van der Waals surface area contributed by atoms with E-state index in [1.807, 2.05) is 32.7 Å². The first-order valence-electron chi connectivity index (χ1n) is 10.2. The molecule has 6 nitrogen and oxygen atoms in total. The van der Waals surface area contributed by atoms with Crippen LogP contribution in [0.1, 0.15) is 25.7 Å². The van der Waals surface area contributed by atoms with Crippen molar-refractivity contribution in [3.63, 3.8) is 0 Å². The van der Waals surface area contributed by atoms with Crippen LogP contribution in [-0.4, -0.2) is 66.1 Å². The quantitative estimate of drug-likeness (QED) is 0.797. The zero-order valence-corrected chi connectivity index (χ0v) is 16.6. The molecule has 0 radical (unpaired) electrons. The fourth-order valence-corrected chi connectivity index (χ4v) is 4.79. The Morgan fingerprint density at radius 1 is 1.18 bits per heavy atom. The second-order valence-corrected chi connectivity index (χ2v) is 8.23. The third kappa shape index (κ3) is 3.78. The largest absolute Gasteiger partial charge is 0.383 e. The van der Waals surface area contributed by atoms with E-state index < -0.39 is 0 Å². The number of carbonyl (C=O) groups is 2. The molecule has 4 rings (SSSR count). The van der Waals surface area contributed by atoms with E-state index in [0.717, 1.165) is 49.8 Å². The van der Waals surface area contributed by atoms with Crippen LogP contribution >= 0.6 is 0 Å². The van der Waals surface area contributed by atoms with Crippen LogP contribution in [0, 0.1) is 5.41 Å². The third-order valence-electron chi connectivity index (χ3n) is 6.31. The molecular weight excluding hydrogens is 354 g/mol. The molecule has 2 amide bonds. The molecule has 1 atom stereocenters. The van der Waals surface area contributed by atoms with E-state index >= 15 is 0 Å². The summed E-state index contributed by atoms with van der Waals surface area (Å²) in [5.41, 5.74) is 1.13. The van der Waals surface area contributed by atoms with E-state index in [-0.39, 0.29) is 17.2 Å². The Kier molecular flexibility index (Phi) is 5.40. The van der Waals surface area contributed by atoms with Crippen molar-refractivity contribution in [3.8, 4) is 0 Å². The standard InChI is InChI=1S/C22H29N3O3/c1-28-14-13-25-17-22(10-7-20(25)26)9-4-11-24(16-22)21(27)15-23-12-8-18-5-2-3-6-19(18)23/h2-3,5-6,8,12H,4,7,9-11,13-17H2,1H3/t22-/m1/s1. The minimum atomic E-state index is 0.0360. The van der Waals surface area contributed by atoms with E-state index in [4.69, 9.17) is 4.74 Å². The monoisotopic (exact) mass is 383 g/mol. The smallest absolute Gasteiger partial charge is 0.242 e. The van der Waals surface area contributed by atoms with Crippen LogP contribution in [0.15, 0.2) is 36.5 Å². The van der Waals surface area contributed by atoms with Crippen molar-refractivity contribution in [2.45, 2.75) is 32.2 Å². The van der Waals surface area contributed by atoms with E-state index in [9.17, 15) is 9.59 Å². The van der Waals surface area contributed by atoms with Gasteiger partial charge in [-0.3, -0.25) is 9.59 Å². The van der Waals surface area contributed by atoms with Crippen LogP contribution in [0.5, 0.6) is 0 Å². The highest BCUT2D eigenvalue weighted by molar-refractivity contribution is 5.83. The number of rotatable bonds is 5. The Labute approximate surface area is 166 Å². The first-order chi connectivity index (χ1) is 13.6. The van der Waals surface area contributed by atoms with Crippen molar-refractivity contribution >= 4 is 22.7 Å². The molecule has 1 aromatic carbocycles. The molecule has 2 aliphatic heterocycles. The second kappa shape index (κ2) is 7.95. The molecule has 0 unspecified atom stereocenters. The number of ether oxygens (including phenoxy) is 1. The molecule has 2 aromatic rings. The van der Waals surface area contributed by atoms with Gasteiger partial charge in [0.05, 0.1) is 6.61 Å². The predicted octanol–water partition coefficient (Wildman–Crippen LogP) is 2.52. The lowest BCUT2D eigenvalue weighted by Gasteiger charge is -2.48. The van der Waals surface area contributed by atoms with Gasteiger partial charge in [0.2, 0.25) is 11.8 Å². The van der Waals surface area contributed by atoms with E-state index in [1.54, 1.807) is 7.11 Å². The molecule has 0 bridgehead atoms. The molecule has 0 aliphatic carbocycles. The number of aromatic nitrogens is 1. The average molecular weight is 383 g/mol. The fourth-order valence-electron chi connectivity index (χ4n) is 4.79. The van der Waals surface area contributed by atoms with Crippen LogP contribution < -0.4 is 0 Å². The summed E-state index contributed by atoms with van der Waals surface area (Å²) in [6.45, 7) is 3.88. The molecule has 2 saturated heterocycles. The van der Waals surface area contributed by atoms with Gasteiger partial charge < -0.3 is 19.1 Å². The highest BCUT2D eigenvalue weighted by Gasteiger charge is 2.42. The molecular formula is C22H29N3O3. The normalized spacial score (nSPS) is 23.0. The van der Waals surface area contributed by atoms with Crippen LogP contribution in [-0.2, 0) is 20.9 Å². The van der Waals surface area contributed by atoms with Crippen molar-refractivity contribution in [2.24, 2.45) is 5.41 Å². The Morgan fingerprint density at radius 2 is 2.04 bits per heavy atom. The lowest BCUT2D eigenvalue weighted by Crippen LogP contribution is -2.55. The molecule has 150 valence electrons. The Morgan fingerprint density at radius 3 is 2.89 bits per heavy atom. The number of amides is 2. The lowest BCUT2D eigenvalue weighted by molar-refractivity contribution is -0.143. The van der Waals surface area contributed by atoms with E-state index in [2.05, 4.69) is 18.2 Å². The molecule has 2 fully saturated rings. The molecule has 6 heteroatoms. The average Bonchev–Trinajstić information content (AvgIpc) is 3.12. The number of piperidine rings is 2. The van der Waals surface area contributed by atoms with Gasteiger partial charge in [-0.15, -0.1) is 0 Å². The van der Waals surface area contributed by atoms with Gasteiger partial charge >= 0.3 is 0 Å². The minimum Gasteiger partial charge on any atom is -0.383 e. The number of hydrogen-bond donors (Lipinski definition) is 0. The maximum Gasteiger partial charge on any atom is 0.242 e. The van der Waals surface area contributed by atoms with Crippen molar-refractivity contribution < 1.29 is 14.3 Å². The van der Waals surface area contributed by atoms with Gasteiger partial charge in [-0.1, -0.05) is 18.2 Å². The summed E-state index contributed by atoms with van der Waals surface area (Å²) in [5.74, 6) is 0.380. The minimum absolute atomic E-state index is 0.0360. The summed E-state index contributed by atoms with van der Waals surface area (Å²) >= 11 is 0. The summed E-state index contributed by atoms with van der Waals surface area (Å²) < 4.78 is 7.20. The highest BCUT2D eigenvalue weighted by atomic mass is 16.5. The number of nitrogens with zero attached hydrogens (tertiary/aromatic N) is 3. The van der Waals surface area contributed by atoms with Crippen LogP contribution in [0.4, 0.5) is 0 Å². The summed E-state index contributed by atoms with van der Waals surface area (Å²) in [6.07, 6.45) is 5.54. The van der Waals surface area contributed by atoms with Gasteiger partial charge in [-0.2, -0.15) is 0 Å². The molecule has 2 aliphatic rings. The number of hydrogen-bond acceptors (Lipinski definition) is 3. The first-order valence-corrected chi connectivity index (χ1v) is 10.2. The van der Waals surface area contributed by atoms with E-state index in [0.29, 0.717) is 26.1 Å². The van der Waals surface area contributed by atoms with Gasteiger partial charge in [0.15, 0.2) is 0 Å². The number of benzene rings is 1. The van der Waals surface area contributed by atoms with Crippen molar-refractivity contribution in [3.05, 3.63) is 36.5 Å². The maximum atomic E-state index is 13.1. The number of carbonyl (C=O) groups excluding carboxylic acids is 2. The zero-order valence-electron chi connectivity index (χ0n) is 16.6. The molecule has 0 saturated carbocycles. The summed E-state index contributed by atoms with van der Waals surface area (Å²) in [5, 5.41) is 1.16. The predicted molar refractivity (Wildman–Crippen MR) is 108 cm³/mol. The zero-order chi connectivity index (χ0) is 19.6. The molecule has 0 N–H and O–H groups in total. The lowest BCUT2D eigenvalue weighted by atomic mass is 9.73. The summed E-state index contributed by atoms with van der Waals surface area (Å²) in [7, 11) is 1.66. The van der Waals surface area contributed by atoms with Gasteiger partial charge in [0.1, 0.15) is 6.54 Å². The fraction of sp³-hybridized carbons (Fsp3) is 0.545. The Balaban J connectivity index is 1.44. The third-order valence-corrected chi connectivity index (χ3v) is 6.31. The Hall–Kier alpha value is -2.34. The van der Waals surface area contributed by atoms with Crippen LogP contribution in [0.25, 0.3) is 10.9 Å². The van der Waals surface area contributed by atoms with Crippen LogP contribution in [0.2, 0.25) is 0 Å². The van der Waals surface area contributed by atoms with Gasteiger partial charge in [0, 0.05) is 56.8 Å². The van der Waals surface area contributed by atoms with Gasteiger partial charge in [-0.25, -0.2) is 0 Å². The topological polar surface area (TPSA) is 54.8 Å². The van der Waals surface area contributed by atoms with Crippen molar-refractivity contribution in [1.29, 1.82) is 0 Å². The molecule has 1 spiro atoms. The highest BCUT2D eigenvalue weighted by Crippen LogP contribution is 2.39. The number of methoxy groups -OCH3 is 1. The number of likely N-dealkylation sites (tertiary alicyclic amines) is 2. The van der Waals surface area contributed by atoms with Crippen LogP contribution in [0.3, 0.4) is 0 Å². The van der Waals surface area contributed by atoms with Crippen molar-refractivity contribution in [1.82, 2.24) is 14.4 Å². The number of fused-ring (bicyclic) bond motifs is 1. The first kappa shape index (κ1) is 19.0. The van der Waals surface area contributed by atoms with Crippen molar-refractivity contribution in [2.75, 3.05) is 39.9 Å². The van der Waals surface area contributed by atoms with E-state index in [1.165, 1.54) is 0 Å². The van der Waals surface area contributed by atoms with Gasteiger partial charge in [0.25, 0.3) is 0 Å². The molecule has 1 aromatic heterocycles.